The van der Waals surface area contributed by atoms with Crippen molar-refractivity contribution >= 4 is 8.32 Å². The first-order valence-electron chi connectivity index (χ1n) is 5.29. The Balaban J connectivity index is 3.77. The van der Waals surface area contributed by atoms with E-state index < -0.39 is 8.32 Å². The van der Waals surface area contributed by atoms with E-state index in [4.69, 9.17) is 4.43 Å². The molecule has 1 nitrogen and oxygen atoms in total. The van der Waals surface area contributed by atoms with Crippen molar-refractivity contribution in [2.24, 2.45) is 0 Å². The molecule has 0 aliphatic heterocycles. The highest BCUT2D eigenvalue weighted by molar-refractivity contribution is 6.87. The highest BCUT2D eigenvalue weighted by Gasteiger charge is 2.22. The van der Waals surface area contributed by atoms with Crippen LogP contribution in [0.15, 0.2) is 36.8 Å². The summed E-state index contributed by atoms with van der Waals surface area (Å²) in [5.41, 5.74) is 5.60. The third kappa shape index (κ3) is 4.58. The lowest BCUT2D eigenvalue weighted by Crippen LogP contribution is -2.32. The van der Waals surface area contributed by atoms with Crippen LogP contribution in [0.25, 0.3) is 0 Å². The monoisotopic (exact) mass is 210 g/mol. The van der Waals surface area contributed by atoms with Crippen molar-refractivity contribution in [1.29, 1.82) is 0 Å². The molecule has 0 rings (SSSR count). The lowest BCUT2D eigenvalue weighted by molar-refractivity contribution is 0.308. The molecule has 0 aromatic carbocycles. The van der Waals surface area contributed by atoms with Gasteiger partial charge in [-0.3, -0.25) is 0 Å². The molecule has 0 saturated heterocycles. The van der Waals surface area contributed by atoms with E-state index in [0.717, 1.165) is 13.0 Å². The Morgan fingerprint density at radius 3 is 2.00 bits per heavy atom. The molecule has 0 spiro atoms. The summed E-state index contributed by atoms with van der Waals surface area (Å²) in [5, 5.41) is 0. The zero-order valence-corrected chi connectivity index (χ0v) is 10.3. The lowest BCUT2D eigenvalue weighted by atomic mass is 10.2. The summed E-state index contributed by atoms with van der Waals surface area (Å²) >= 11 is 0. The molecule has 0 N–H and O–H groups in total. The van der Waals surface area contributed by atoms with Gasteiger partial charge in [0.2, 0.25) is 0 Å². The van der Waals surface area contributed by atoms with Gasteiger partial charge in [0.15, 0.2) is 0 Å². The van der Waals surface area contributed by atoms with Crippen LogP contribution in [0.5, 0.6) is 0 Å². The topological polar surface area (TPSA) is 9.23 Å². The summed E-state index contributed by atoms with van der Waals surface area (Å²) < 4.78 is 5.81. The van der Waals surface area contributed by atoms with Crippen molar-refractivity contribution in [3.8, 4) is 0 Å². The molecule has 80 valence electrons. The first-order valence-corrected chi connectivity index (χ1v) is 7.43. The van der Waals surface area contributed by atoms with Crippen LogP contribution in [0, 0.1) is 0 Å². The molecule has 0 amide bonds. The Labute approximate surface area is 89.3 Å². The zero-order chi connectivity index (χ0) is 10.9. The van der Waals surface area contributed by atoms with Gasteiger partial charge in [-0.25, -0.2) is 0 Å². The van der Waals surface area contributed by atoms with Crippen LogP contribution in [0.1, 0.15) is 32.6 Å². The minimum atomic E-state index is -1.99. The smallest absolute Gasteiger partial charge is 0.264 e. The fraction of sp³-hybridized carbons (Fsp3) is 0.500. The van der Waals surface area contributed by atoms with Crippen molar-refractivity contribution in [2.75, 3.05) is 6.61 Å². The van der Waals surface area contributed by atoms with Crippen LogP contribution >= 0.6 is 0 Å². The van der Waals surface area contributed by atoms with Gasteiger partial charge in [0.25, 0.3) is 8.32 Å². The van der Waals surface area contributed by atoms with Gasteiger partial charge in [0.05, 0.1) is 0 Å². The van der Waals surface area contributed by atoms with E-state index in [1.807, 2.05) is 17.1 Å². The molecule has 0 atom stereocenters. The minimum Gasteiger partial charge on any atom is -0.405 e. The van der Waals surface area contributed by atoms with E-state index >= 15 is 0 Å². The second kappa shape index (κ2) is 7.77. The zero-order valence-electron chi connectivity index (χ0n) is 9.30. The molecule has 0 aromatic heterocycles. The predicted molar refractivity (Wildman–Crippen MR) is 66.4 cm³/mol. The van der Waals surface area contributed by atoms with Gasteiger partial charge in [-0.2, -0.15) is 0 Å². The van der Waals surface area contributed by atoms with E-state index in [0.29, 0.717) is 0 Å². The van der Waals surface area contributed by atoms with Crippen LogP contribution in [0.2, 0.25) is 0 Å². The summed E-state index contributed by atoms with van der Waals surface area (Å²) in [4.78, 5) is 0. The summed E-state index contributed by atoms with van der Waals surface area (Å²) in [6.45, 7) is 14.4. The molecular weight excluding hydrogens is 188 g/mol. The normalized spacial score (nSPS) is 10.9. The third-order valence-corrected chi connectivity index (χ3v) is 4.93. The van der Waals surface area contributed by atoms with E-state index in [9.17, 15) is 0 Å². The maximum Gasteiger partial charge on any atom is 0.264 e. The van der Waals surface area contributed by atoms with Crippen LogP contribution in [-0.4, -0.2) is 14.9 Å². The molecule has 0 aliphatic rings. The van der Waals surface area contributed by atoms with E-state index in [2.05, 4.69) is 26.7 Å². The average molecular weight is 210 g/mol. The molecule has 0 bridgehead atoms. The minimum absolute atomic E-state index is 0.802. The summed E-state index contributed by atoms with van der Waals surface area (Å²) in [5.74, 6) is 0. The Kier molecular flexibility index (Phi) is 7.43. The van der Waals surface area contributed by atoms with Gasteiger partial charge in [0.1, 0.15) is 0 Å². The maximum absolute atomic E-state index is 5.81. The molecule has 0 fully saturated rings. The summed E-state index contributed by atoms with van der Waals surface area (Å²) in [6, 6.07) is 0. The number of unbranched alkanes of at least 4 members (excludes halogenated alkanes) is 3. The van der Waals surface area contributed by atoms with Crippen molar-refractivity contribution in [1.82, 2.24) is 0 Å². The first kappa shape index (κ1) is 13.4. The Bertz CT molecular complexity index is 165. The fourth-order valence-electron chi connectivity index (χ4n) is 1.20. The van der Waals surface area contributed by atoms with Crippen LogP contribution < -0.4 is 0 Å². The van der Waals surface area contributed by atoms with Crippen LogP contribution in [-0.2, 0) is 4.43 Å². The van der Waals surface area contributed by atoms with Crippen molar-refractivity contribution < 1.29 is 4.43 Å². The molecule has 0 unspecified atom stereocenters. The Hall–Kier alpha value is -0.603. The van der Waals surface area contributed by atoms with Gasteiger partial charge in [-0.1, -0.05) is 43.3 Å². The summed E-state index contributed by atoms with van der Waals surface area (Å²) in [7, 11) is -1.99. The van der Waals surface area contributed by atoms with Gasteiger partial charge in [-0.05, 0) is 6.42 Å². The first-order chi connectivity index (χ1) is 6.74. The highest BCUT2D eigenvalue weighted by atomic mass is 28.4. The quantitative estimate of drug-likeness (QED) is 0.416. The molecule has 0 heterocycles. The predicted octanol–water partition coefficient (Wildman–Crippen LogP) is 3.70. The van der Waals surface area contributed by atoms with E-state index in [-0.39, 0.29) is 0 Å². The Morgan fingerprint density at radius 1 is 1.00 bits per heavy atom. The average Bonchev–Trinajstić information content (AvgIpc) is 2.24. The van der Waals surface area contributed by atoms with Crippen LogP contribution in [0.4, 0.5) is 0 Å². The molecule has 0 saturated carbocycles. The van der Waals surface area contributed by atoms with E-state index in [1.165, 1.54) is 19.3 Å². The third-order valence-electron chi connectivity index (χ3n) is 2.31. The molecular formula is C12H22OSi. The molecule has 14 heavy (non-hydrogen) atoms. The van der Waals surface area contributed by atoms with Crippen molar-refractivity contribution in [2.45, 2.75) is 32.6 Å². The van der Waals surface area contributed by atoms with Gasteiger partial charge < -0.3 is 4.43 Å². The molecule has 2 heteroatoms. The summed E-state index contributed by atoms with van der Waals surface area (Å²) in [6.07, 6.45) is 4.91. The molecule has 0 aromatic rings. The van der Waals surface area contributed by atoms with E-state index in [1.54, 1.807) is 0 Å². The molecule has 0 aliphatic carbocycles. The SMILES string of the molecule is C=C[Si](C=C)(C=C)OCCCCCC. The number of hydrogen-bond donors (Lipinski definition) is 0. The van der Waals surface area contributed by atoms with Crippen molar-refractivity contribution in [3.63, 3.8) is 0 Å². The largest absolute Gasteiger partial charge is 0.405 e. The number of hydrogen-bond acceptors (Lipinski definition) is 1. The van der Waals surface area contributed by atoms with Gasteiger partial charge >= 0.3 is 0 Å². The van der Waals surface area contributed by atoms with Gasteiger partial charge in [-0.15, -0.1) is 19.7 Å². The second-order valence-corrected chi connectivity index (χ2v) is 6.60. The Morgan fingerprint density at radius 2 is 1.57 bits per heavy atom. The number of rotatable bonds is 9. The van der Waals surface area contributed by atoms with Crippen LogP contribution in [0.3, 0.4) is 0 Å². The fourth-order valence-corrected chi connectivity index (χ4v) is 2.56. The van der Waals surface area contributed by atoms with Crippen molar-refractivity contribution in [3.05, 3.63) is 36.8 Å². The van der Waals surface area contributed by atoms with Gasteiger partial charge in [0, 0.05) is 6.61 Å². The maximum atomic E-state index is 5.81. The lowest BCUT2D eigenvalue weighted by Gasteiger charge is -2.19. The molecule has 0 radical (unpaired) electrons. The second-order valence-electron chi connectivity index (χ2n) is 3.38. The standard InChI is InChI=1S/C12H22OSi/c1-5-9-10-11-12-13-14(6-2,7-3)8-4/h6-8H,2-5,9-12H2,1H3. The highest BCUT2D eigenvalue weighted by Crippen LogP contribution is 2.10.